The lowest BCUT2D eigenvalue weighted by molar-refractivity contribution is 0.338. The van der Waals surface area contributed by atoms with E-state index >= 15 is 0 Å². The lowest BCUT2D eigenvalue weighted by atomic mass is 9.85. The third-order valence-corrected chi connectivity index (χ3v) is 4.05. The van der Waals surface area contributed by atoms with Gasteiger partial charge in [-0.25, -0.2) is 4.39 Å². The summed E-state index contributed by atoms with van der Waals surface area (Å²) in [7, 11) is 0. The van der Waals surface area contributed by atoms with Crippen molar-refractivity contribution < 1.29 is 9.50 Å². The maximum Gasteiger partial charge on any atom is 0.148 e. The molecule has 0 spiro atoms. The molecule has 1 aromatic carbocycles. The number of phenols is 1. The minimum atomic E-state index is -0.456. The molecule has 0 radical (unpaired) electrons. The van der Waals surface area contributed by atoms with Crippen LogP contribution in [-0.2, 0) is 6.42 Å². The first kappa shape index (κ1) is 12.7. The molecule has 0 saturated heterocycles. The second kappa shape index (κ2) is 5.72. The van der Waals surface area contributed by atoms with Crippen molar-refractivity contribution in [2.24, 2.45) is 5.92 Å². The molecule has 0 atom stereocenters. The first-order chi connectivity index (χ1) is 8.18. The SMILES string of the molecule is Oc1ccc(CCC2CCCCC2)c(F)c1Cl. The van der Waals surface area contributed by atoms with Crippen molar-refractivity contribution in [3.8, 4) is 5.75 Å². The number of hydrogen-bond acceptors (Lipinski definition) is 1. The third-order valence-electron chi connectivity index (χ3n) is 3.69. The molecule has 0 aliphatic heterocycles. The molecule has 2 rings (SSSR count). The molecule has 3 heteroatoms. The van der Waals surface area contributed by atoms with Gasteiger partial charge in [-0.05, 0) is 30.4 Å². The Morgan fingerprint density at radius 1 is 1.24 bits per heavy atom. The van der Waals surface area contributed by atoms with E-state index in [2.05, 4.69) is 0 Å². The average Bonchev–Trinajstić information content (AvgIpc) is 2.36. The summed E-state index contributed by atoms with van der Waals surface area (Å²) in [5.41, 5.74) is 0.623. The lowest BCUT2D eigenvalue weighted by Gasteiger charge is -2.21. The number of phenolic OH excluding ortho intramolecular Hbond substituents is 1. The van der Waals surface area contributed by atoms with Crippen LogP contribution >= 0.6 is 11.6 Å². The molecule has 0 heterocycles. The quantitative estimate of drug-likeness (QED) is 0.831. The topological polar surface area (TPSA) is 20.2 Å². The summed E-state index contributed by atoms with van der Waals surface area (Å²) in [6.45, 7) is 0. The highest BCUT2D eigenvalue weighted by Crippen LogP contribution is 2.31. The Labute approximate surface area is 107 Å². The Morgan fingerprint density at radius 2 is 1.94 bits per heavy atom. The number of benzene rings is 1. The summed E-state index contributed by atoms with van der Waals surface area (Å²) >= 11 is 5.68. The molecule has 0 amide bonds. The van der Waals surface area contributed by atoms with Gasteiger partial charge in [0.25, 0.3) is 0 Å². The van der Waals surface area contributed by atoms with E-state index in [-0.39, 0.29) is 10.8 Å². The van der Waals surface area contributed by atoms with Crippen LogP contribution in [0.4, 0.5) is 4.39 Å². The minimum Gasteiger partial charge on any atom is -0.506 e. The molecular weight excluding hydrogens is 239 g/mol. The molecule has 1 fully saturated rings. The zero-order chi connectivity index (χ0) is 12.3. The zero-order valence-corrected chi connectivity index (χ0v) is 10.6. The van der Waals surface area contributed by atoms with Crippen LogP contribution in [0, 0.1) is 11.7 Å². The third kappa shape index (κ3) is 3.12. The molecule has 94 valence electrons. The monoisotopic (exact) mass is 256 g/mol. The molecule has 1 nitrogen and oxygen atoms in total. The Bertz CT molecular complexity index is 386. The van der Waals surface area contributed by atoms with E-state index < -0.39 is 5.82 Å². The van der Waals surface area contributed by atoms with E-state index in [0.717, 1.165) is 18.8 Å². The summed E-state index contributed by atoms with van der Waals surface area (Å²) < 4.78 is 13.7. The van der Waals surface area contributed by atoms with Crippen molar-refractivity contribution in [1.29, 1.82) is 0 Å². The summed E-state index contributed by atoms with van der Waals surface area (Å²) in [6, 6.07) is 3.11. The van der Waals surface area contributed by atoms with Gasteiger partial charge in [0, 0.05) is 0 Å². The predicted molar refractivity (Wildman–Crippen MR) is 68.0 cm³/mol. The number of halogens is 2. The van der Waals surface area contributed by atoms with Crippen LogP contribution in [0.1, 0.15) is 44.1 Å². The Hall–Kier alpha value is -0.760. The van der Waals surface area contributed by atoms with Crippen molar-refractivity contribution in [1.82, 2.24) is 0 Å². The Balaban J connectivity index is 1.96. The average molecular weight is 257 g/mol. The molecule has 0 aromatic heterocycles. The number of aryl methyl sites for hydroxylation is 1. The van der Waals surface area contributed by atoms with E-state index in [0.29, 0.717) is 5.56 Å². The van der Waals surface area contributed by atoms with Crippen LogP contribution in [0.25, 0.3) is 0 Å². The van der Waals surface area contributed by atoms with E-state index in [1.807, 2.05) is 0 Å². The molecule has 17 heavy (non-hydrogen) atoms. The van der Waals surface area contributed by atoms with E-state index in [4.69, 9.17) is 11.6 Å². The second-order valence-corrected chi connectivity index (χ2v) is 5.29. The highest BCUT2D eigenvalue weighted by atomic mass is 35.5. The number of aromatic hydroxyl groups is 1. The number of rotatable bonds is 3. The molecule has 1 aromatic rings. The molecule has 1 N–H and O–H groups in total. The Kier molecular flexibility index (Phi) is 4.27. The highest BCUT2D eigenvalue weighted by molar-refractivity contribution is 6.32. The van der Waals surface area contributed by atoms with Crippen LogP contribution in [0.5, 0.6) is 5.75 Å². The maximum atomic E-state index is 13.7. The Morgan fingerprint density at radius 3 is 2.65 bits per heavy atom. The van der Waals surface area contributed by atoms with Gasteiger partial charge in [0.15, 0.2) is 0 Å². The minimum absolute atomic E-state index is 0.147. The van der Waals surface area contributed by atoms with Crippen molar-refractivity contribution in [2.45, 2.75) is 44.9 Å². The zero-order valence-electron chi connectivity index (χ0n) is 9.88. The largest absolute Gasteiger partial charge is 0.506 e. The highest BCUT2D eigenvalue weighted by Gasteiger charge is 2.16. The second-order valence-electron chi connectivity index (χ2n) is 4.91. The van der Waals surface area contributed by atoms with Gasteiger partial charge in [-0.15, -0.1) is 0 Å². The summed E-state index contributed by atoms with van der Waals surface area (Å²) in [6.07, 6.45) is 8.25. The molecule has 0 unspecified atom stereocenters. The van der Waals surface area contributed by atoms with Crippen LogP contribution < -0.4 is 0 Å². The molecule has 0 bridgehead atoms. The molecule has 1 aliphatic rings. The molecule has 1 aliphatic carbocycles. The van der Waals surface area contributed by atoms with Crippen LogP contribution in [-0.4, -0.2) is 5.11 Å². The summed E-state index contributed by atoms with van der Waals surface area (Å²) in [5.74, 6) is 0.101. The van der Waals surface area contributed by atoms with Crippen LogP contribution in [0.15, 0.2) is 12.1 Å². The van der Waals surface area contributed by atoms with Crippen molar-refractivity contribution in [2.75, 3.05) is 0 Å². The van der Waals surface area contributed by atoms with Crippen molar-refractivity contribution in [3.05, 3.63) is 28.5 Å². The van der Waals surface area contributed by atoms with Gasteiger partial charge in [-0.1, -0.05) is 49.8 Å². The van der Waals surface area contributed by atoms with Gasteiger partial charge in [0.05, 0.1) is 0 Å². The van der Waals surface area contributed by atoms with Crippen LogP contribution in [0.2, 0.25) is 5.02 Å². The van der Waals surface area contributed by atoms with Crippen molar-refractivity contribution in [3.63, 3.8) is 0 Å². The normalized spacial score (nSPS) is 17.3. The van der Waals surface area contributed by atoms with Crippen molar-refractivity contribution >= 4 is 11.6 Å². The van der Waals surface area contributed by atoms with Gasteiger partial charge < -0.3 is 5.11 Å². The number of hydrogen-bond donors (Lipinski definition) is 1. The summed E-state index contributed by atoms with van der Waals surface area (Å²) in [4.78, 5) is 0. The fourth-order valence-corrected chi connectivity index (χ4v) is 2.79. The first-order valence-corrected chi connectivity index (χ1v) is 6.72. The molecule has 1 saturated carbocycles. The van der Waals surface area contributed by atoms with Gasteiger partial charge in [-0.2, -0.15) is 0 Å². The van der Waals surface area contributed by atoms with Gasteiger partial charge in [0.2, 0.25) is 0 Å². The van der Waals surface area contributed by atoms with Gasteiger partial charge >= 0.3 is 0 Å². The lowest BCUT2D eigenvalue weighted by Crippen LogP contribution is -2.07. The standard InChI is InChI=1S/C14H18ClFO/c15-13-12(17)9-8-11(14(13)16)7-6-10-4-2-1-3-5-10/h8-10,17H,1-7H2. The smallest absolute Gasteiger partial charge is 0.148 e. The van der Waals surface area contributed by atoms with E-state index in [1.165, 1.54) is 38.2 Å². The fraction of sp³-hybridized carbons (Fsp3) is 0.571. The maximum absolute atomic E-state index is 13.7. The van der Waals surface area contributed by atoms with Gasteiger partial charge in [-0.3, -0.25) is 0 Å². The van der Waals surface area contributed by atoms with E-state index in [1.54, 1.807) is 6.07 Å². The van der Waals surface area contributed by atoms with Crippen LogP contribution in [0.3, 0.4) is 0 Å². The first-order valence-electron chi connectivity index (χ1n) is 6.34. The summed E-state index contributed by atoms with van der Waals surface area (Å²) in [5, 5.41) is 9.12. The molecular formula is C14H18ClFO. The predicted octanol–water partition coefficient (Wildman–Crippen LogP) is 4.70. The van der Waals surface area contributed by atoms with Gasteiger partial charge in [0.1, 0.15) is 16.6 Å². The fourth-order valence-electron chi connectivity index (χ4n) is 2.61. The van der Waals surface area contributed by atoms with E-state index in [9.17, 15) is 9.50 Å².